The lowest BCUT2D eigenvalue weighted by Gasteiger charge is -2.31. The number of ketones is 1. The summed E-state index contributed by atoms with van der Waals surface area (Å²) < 4.78 is 19.4. The minimum absolute atomic E-state index is 0.0527. The molecule has 12 heteroatoms. The maximum Gasteiger partial charge on any atom is 0.343 e. The van der Waals surface area contributed by atoms with Crippen molar-refractivity contribution in [2.45, 2.75) is 110 Å². The lowest BCUT2D eigenvalue weighted by molar-refractivity contribution is -0.172. The van der Waals surface area contributed by atoms with E-state index in [1.165, 1.54) is 33.4 Å². The number of aryl methyl sites for hydroxylation is 1. The fraction of sp³-hybridized carbons (Fsp3) is 0.254. The molecule has 2 aliphatic heterocycles. The number of unbranched alkanes of at least 4 members (excludes halogenated alkanes) is 2. The molecule has 0 fully saturated rings. The van der Waals surface area contributed by atoms with Crippen LogP contribution in [-0.2, 0) is 74.0 Å². The van der Waals surface area contributed by atoms with Crippen molar-refractivity contribution >= 4 is 28.6 Å². The number of carbonyl (C=O) groups excluding carboxylic acids is 3. The van der Waals surface area contributed by atoms with Gasteiger partial charge in [0.2, 0.25) is 0 Å². The molecule has 11 rings (SSSR count). The third-order valence-electron chi connectivity index (χ3n) is 15.9. The van der Waals surface area contributed by atoms with Gasteiger partial charge in [-0.3, -0.25) is 19.4 Å². The summed E-state index contributed by atoms with van der Waals surface area (Å²) in [5.74, 6) is -0.278. The molecule has 1 atom stereocenters. The largest absolute Gasteiger partial charge is 0.494 e. The van der Waals surface area contributed by atoms with Gasteiger partial charge < -0.3 is 23.9 Å². The second-order valence-corrected chi connectivity index (χ2v) is 21.8. The monoisotopic (exact) mass is 1100 g/mol. The number of rotatable bonds is 24. The lowest BCUT2D eigenvalue weighted by atomic mass is 9.86. The van der Waals surface area contributed by atoms with E-state index in [9.17, 15) is 24.3 Å². The minimum atomic E-state index is -1.92. The number of aliphatic hydroxyl groups is 1. The normalized spacial score (nSPS) is 14.3. The zero-order valence-electron chi connectivity index (χ0n) is 47.1. The highest BCUT2D eigenvalue weighted by molar-refractivity contribution is 6.00. The zero-order valence-corrected chi connectivity index (χ0v) is 47.1. The van der Waals surface area contributed by atoms with Gasteiger partial charge in [0.25, 0.3) is 5.56 Å². The van der Waals surface area contributed by atoms with E-state index in [0.717, 1.165) is 74.4 Å². The topological polar surface area (TPSA) is 140 Å². The van der Waals surface area contributed by atoms with Crippen LogP contribution in [0.25, 0.3) is 22.3 Å². The number of hydrogen-bond acceptors (Lipinski definition) is 11. The van der Waals surface area contributed by atoms with Gasteiger partial charge >= 0.3 is 11.9 Å². The molecule has 1 N–H and O–H groups in total. The maximum absolute atomic E-state index is 13.8. The Kier molecular flexibility index (Phi) is 17.3. The molecule has 12 nitrogen and oxygen atoms in total. The first-order chi connectivity index (χ1) is 40.5. The Bertz CT molecular complexity index is 3660. The van der Waals surface area contributed by atoms with E-state index in [1.54, 1.807) is 60.0 Å². The summed E-state index contributed by atoms with van der Waals surface area (Å²) in [6.07, 6.45) is 3.18. The Morgan fingerprint density at radius 1 is 0.602 bits per heavy atom. The van der Waals surface area contributed by atoms with Crippen LogP contribution in [0.2, 0.25) is 0 Å². The summed E-state index contributed by atoms with van der Waals surface area (Å²) in [6, 6.07) is 62.8. The van der Waals surface area contributed by atoms with Crippen LogP contribution < -0.4 is 15.0 Å². The first kappa shape index (κ1) is 56.1. The number of Topliss-reactive ketones (excluding diaryl/α,β-unsaturated/α-hetero) is 1. The number of cyclic esters (lactones) is 1. The van der Waals surface area contributed by atoms with Gasteiger partial charge in [-0.25, -0.2) is 14.6 Å². The number of ether oxygens (including phenoxy) is 3. The predicted octanol–water partition coefficient (Wildman–Crippen LogP) is 13.1. The van der Waals surface area contributed by atoms with E-state index >= 15 is 0 Å². The maximum atomic E-state index is 13.8. The van der Waals surface area contributed by atoms with Crippen molar-refractivity contribution in [3.8, 4) is 22.9 Å². The van der Waals surface area contributed by atoms with Gasteiger partial charge in [0.1, 0.15) is 18.1 Å². The Hall–Kier alpha value is -8.81. The number of carbonyl (C=O) groups is 3. The summed E-state index contributed by atoms with van der Waals surface area (Å²) in [6.45, 7) is 8.89. The van der Waals surface area contributed by atoms with Crippen molar-refractivity contribution in [1.29, 1.82) is 0 Å². The minimum Gasteiger partial charge on any atom is -0.494 e. The van der Waals surface area contributed by atoms with Gasteiger partial charge in [-0.2, -0.15) is 0 Å². The fourth-order valence-corrected chi connectivity index (χ4v) is 11.7. The molecule has 4 heterocycles. The molecule has 0 spiro atoms. The van der Waals surface area contributed by atoms with Crippen molar-refractivity contribution in [3.63, 3.8) is 0 Å². The first-order valence-corrected chi connectivity index (χ1v) is 28.9. The summed E-state index contributed by atoms with van der Waals surface area (Å²) in [7, 11) is 0. The van der Waals surface area contributed by atoms with Crippen molar-refractivity contribution in [1.82, 2.24) is 19.4 Å². The van der Waals surface area contributed by atoms with Crippen molar-refractivity contribution in [2.24, 2.45) is 0 Å². The third-order valence-corrected chi connectivity index (χ3v) is 15.9. The van der Waals surface area contributed by atoms with Crippen LogP contribution in [0, 0.1) is 0 Å². The number of esters is 2. The third kappa shape index (κ3) is 13.0. The number of benzene rings is 7. The lowest BCUT2D eigenvalue weighted by Crippen LogP contribution is -2.44. The Balaban J connectivity index is 0.736. The molecule has 0 aliphatic carbocycles. The molecule has 0 unspecified atom stereocenters. The Labute approximate surface area is 484 Å². The number of pyridine rings is 2. The average molecular weight is 1110 g/mol. The zero-order chi connectivity index (χ0) is 57.3. The van der Waals surface area contributed by atoms with Crippen LogP contribution in [0.15, 0.2) is 193 Å². The van der Waals surface area contributed by atoms with Crippen molar-refractivity contribution in [2.75, 3.05) is 6.61 Å². The molecule has 0 amide bonds. The fourth-order valence-electron chi connectivity index (χ4n) is 11.7. The van der Waals surface area contributed by atoms with Gasteiger partial charge in [-0.05, 0) is 120 Å². The van der Waals surface area contributed by atoms with E-state index < -0.39 is 17.5 Å². The smallest absolute Gasteiger partial charge is 0.343 e. The van der Waals surface area contributed by atoms with E-state index in [2.05, 4.69) is 149 Å². The SMILES string of the molecule is CCc1c2c(nc3ccc(OC(=O)c4cccc(C(=O)CCCCCOc5cc(CN(Cc6ccccc6)Cc6ccccc6)cc(CN(Cc6ccccc6)Cc6ccccc6)c5)c4)cc13)-c1cc3c(c(=O)n1C2)COC(=O)[C@@]3(O)CC. The quantitative estimate of drug-likeness (QED) is 0.0268. The molecule has 2 aromatic heterocycles. The molecule has 0 saturated carbocycles. The van der Waals surface area contributed by atoms with Gasteiger partial charge in [0.05, 0.1) is 41.2 Å². The Morgan fingerprint density at radius 2 is 1.17 bits per heavy atom. The van der Waals surface area contributed by atoms with Gasteiger partial charge in [0.15, 0.2) is 11.4 Å². The predicted molar refractivity (Wildman–Crippen MR) is 322 cm³/mol. The van der Waals surface area contributed by atoms with Crippen molar-refractivity contribution < 1.29 is 33.7 Å². The van der Waals surface area contributed by atoms with Gasteiger partial charge in [-0.15, -0.1) is 0 Å². The second-order valence-electron chi connectivity index (χ2n) is 21.8. The molecule has 9 aromatic rings. The summed E-state index contributed by atoms with van der Waals surface area (Å²) in [4.78, 5) is 63.8. The molecule has 0 saturated heterocycles. The molecule has 420 valence electrons. The van der Waals surface area contributed by atoms with Crippen LogP contribution in [0.1, 0.15) is 122 Å². The van der Waals surface area contributed by atoms with E-state index in [0.29, 0.717) is 54.1 Å². The van der Waals surface area contributed by atoms with Gasteiger partial charge in [-0.1, -0.05) is 153 Å². The van der Waals surface area contributed by atoms with E-state index in [1.807, 2.05) is 6.92 Å². The molecule has 0 bridgehead atoms. The molecule has 0 radical (unpaired) electrons. The van der Waals surface area contributed by atoms with Crippen LogP contribution in [0.4, 0.5) is 0 Å². The van der Waals surface area contributed by atoms with Crippen molar-refractivity contribution in [3.05, 3.63) is 265 Å². The van der Waals surface area contributed by atoms with Crippen LogP contribution in [-0.4, -0.2) is 48.8 Å². The van der Waals surface area contributed by atoms with Crippen LogP contribution >= 0.6 is 0 Å². The molecular formula is C71H68N4O8. The Morgan fingerprint density at radius 3 is 1.73 bits per heavy atom. The highest BCUT2D eigenvalue weighted by Gasteiger charge is 2.45. The van der Waals surface area contributed by atoms with Gasteiger partial charge in [0, 0.05) is 67.8 Å². The molecule has 7 aromatic carbocycles. The van der Waals surface area contributed by atoms with Crippen LogP contribution in [0.3, 0.4) is 0 Å². The summed E-state index contributed by atoms with van der Waals surface area (Å²) in [5.41, 5.74) is 9.92. The average Bonchev–Trinajstić information content (AvgIpc) is 3.55. The first-order valence-electron chi connectivity index (χ1n) is 28.9. The van der Waals surface area contributed by atoms with Crippen LogP contribution in [0.5, 0.6) is 11.5 Å². The molecular weight excluding hydrogens is 1040 g/mol. The second kappa shape index (κ2) is 25.5. The molecule has 83 heavy (non-hydrogen) atoms. The highest BCUT2D eigenvalue weighted by Crippen LogP contribution is 2.41. The number of nitrogens with zero attached hydrogens (tertiary/aromatic N) is 4. The number of aromatic nitrogens is 2. The standard InChI is InChI=1S/C71H68N4O8/c1-3-59-60-39-57(32-33-64(60)72-67-61(59)47-75-65(67)40-63-62(68(75)77)48-82-70(79)71(63,80)4-2)83-69(78)56-30-20-29-55(38-56)66(76)31-18-9-19-34-81-58-36-53(45-73(41-49-21-10-5-11-22-49)42-50-23-12-6-13-24-50)35-54(37-58)46-74(43-51-25-14-7-15-26-51)44-52-27-16-8-17-28-52/h5-8,10-17,20-30,32-33,35-40,80H,3-4,9,18-19,31,34,41-48H2,1-2H3/t71-/m1/s1. The molecule has 2 aliphatic rings. The van der Waals surface area contributed by atoms with E-state index in [4.69, 9.17) is 19.2 Å². The van der Waals surface area contributed by atoms with E-state index in [-0.39, 0.29) is 47.6 Å². The number of fused-ring (bicyclic) bond motifs is 5. The summed E-state index contributed by atoms with van der Waals surface area (Å²) >= 11 is 0. The summed E-state index contributed by atoms with van der Waals surface area (Å²) in [5, 5.41) is 12.1. The highest BCUT2D eigenvalue weighted by atomic mass is 16.6. The number of hydrogen-bond donors (Lipinski definition) is 1.